The van der Waals surface area contributed by atoms with Crippen LogP contribution in [0.2, 0.25) is 0 Å². The van der Waals surface area contributed by atoms with E-state index in [-0.39, 0.29) is 31.9 Å². The monoisotopic (exact) mass is 512 g/mol. The molecule has 2 aliphatic rings. The van der Waals surface area contributed by atoms with E-state index in [0.29, 0.717) is 12.3 Å². The largest absolute Gasteiger partial charge is 0.491 e. The van der Waals surface area contributed by atoms with Crippen LogP contribution in [0.3, 0.4) is 0 Å². The first-order chi connectivity index (χ1) is 15.3. The maximum atomic E-state index is 13.4. The molecule has 0 spiro atoms. The lowest BCUT2D eigenvalue weighted by molar-refractivity contribution is -0.142. The van der Waals surface area contributed by atoms with Crippen LogP contribution in [0.4, 0.5) is 23.2 Å². The van der Waals surface area contributed by atoms with Gasteiger partial charge in [-0.3, -0.25) is 4.79 Å². The zero-order chi connectivity index (χ0) is 25.0. The van der Waals surface area contributed by atoms with E-state index < -0.39 is 23.7 Å². The summed E-state index contributed by atoms with van der Waals surface area (Å²) in [4.78, 5) is 15.0. The van der Waals surface area contributed by atoms with Gasteiger partial charge in [0.1, 0.15) is 12.4 Å². The number of carboxylic acids is 1. The van der Waals surface area contributed by atoms with Gasteiger partial charge in [0, 0.05) is 38.4 Å². The highest BCUT2D eigenvalue weighted by molar-refractivity contribution is 7.98. The van der Waals surface area contributed by atoms with Gasteiger partial charge < -0.3 is 14.7 Å². The molecule has 188 valence electrons. The summed E-state index contributed by atoms with van der Waals surface area (Å²) in [5, 5.41) is 9.06. The van der Waals surface area contributed by atoms with Crippen LogP contribution in [0.5, 0.6) is 5.75 Å². The van der Waals surface area contributed by atoms with Crippen molar-refractivity contribution in [2.24, 2.45) is 5.92 Å². The van der Waals surface area contributed by atoms with Crippen molar-refractivity contribution in [1.82, 2.24) is 4.31 Å². The molecule has 5 nitrogen and oxygen atoms in total. The van der Waals surface area contributed by atoms with Crippen LogP contribution in [0.1, 0.15) is 40.0 Å². The third-order valence-corrected chi connectivity index (χ3v) is 7.28. The minimum absolute atomic E-state index is 0.0625. The standard InChI is InChI=1S/C18H24F2N2O3S2.C4H8F2/c1-11(17(23)24)10-25-14-7-15-13(6-16(14)26-3)22(5-4-21(2)27-15)12-8-18(19,20)9-12;1-3-4(2,5)6/h6-7,11-12H,4-5,8-10H2,1-3H3,(H,23,24);3H2,1-2H3. The molecule has 1 N–H and O–H groups in total. The molecule has 0 bridgehead atoms. The van der Waals surface area contributed by atoms with Crippen LogP contribution < -0.4 is 9.64 Å². The van der Waals surface area contributed by atoms with Gasteiger partial charge in [0.15, 0.2) is 0 Å². The lowest BCUT2D eigenvalue weighted by Gasteiger charge is -2.43. The molecule has 0 aromatic heterocycles. The van der Waals surface area contributed by atoms with Crippen molar-refractivity contribution in [2.75, 3.05) is 37.9 Å². The summed E-state index contributed by atoms with van der Waals surface area (Å²) in [5.74, 6) is -5.89. The van der Waals surface area contributed by atoms with Crippen molar-refractivity contribution < 1.29 is 32.2 Å². The fourth-order valence-electron chi connectivity index (χ4n) is 3.20. The molecule has 0 saturated heterocycles. The predicted molar refractivity (Wildman–Crippen MR) is 125 cm³/mol. The van der Waals surface area contributed by atoms with Gasteiger partial charge in [-0.15, -0.1) is 11.8 Å². The Kier molecular flexibility index (Phi) is 9.64. The first-order valence-electron chi connectivity index (χ1n) is 10.8. The van der Waals surface area contributed by atoms with E-state index in [2.05, 4.69) is 9.21 Å². The molecule has 1 saturated carbocycles. The number of anilines is 1. The number of thioether (sulfide) groups is 1. The van der Waals surface area contributed by atoms with E-state index >= 15 is 0 Å². The summed E-state index contributed by atoms with van der Waals surface area (Å²) >= 11 is 3.07. The molecule has 0 radical (unpaired) electrons. The Morgan fingerprint density at radius 3 is 2.45 bits per heavy atom. The molecule has 1 unspecified atom stereocenters. The van der Waals surface area contributed by atoms with Crippen LogP contribution in [0, 0.1) is 5.92 Å². The summed E-state index contributed by atoms with van der Waals surface area (Å²) in [5.41, 5.74) is 0.952. The lowest BCUT2D eigenvalue weighted by Crippen LogP contribution is -2.52. The Morgan fingerprint density at radius 2 is 1.97 bits per heavy atom. The number of ether oxygens (including phenoxy) is 1. The first-order valence-corrected chi connectivity index (χ1v) is 12.7. The number of fused-ring (bicyclic) bond motifs is 1. The normalized spacial score (nSPS) is 19.5. The maximum absolute atomic E-state index is 13.4. The second kappa shape index (κ2) is 11.4. The molecule has 3 rings (SSSR count). The molecule has 11 heteroatoms. The molecule has 33 heavy (non-hydrogen) atoms. The third kappa shape index (κ3) is 8.13. The summed E-state index contributed by atoms with van der Waals surface area (Å²) in [7, 11) is 1.98. The van der Waals surface area contributed by atoms with E-state index in [4.69, 9.17) is 9.84 Å². The number of alkyl halides is 4. The molecular weight excluding hydrogens is 480 g/mol. The van der Waals surface area contributed by atoms with E-state index in [0.717, 1.165) is 28.9 Å². The summed E-state index contributed by atoms with van der Waals surface area (Å²) in [6, 6.07) is 3.74. The van der Waals surface area contributed by atoms with Crippen LogP contribution in [0.25, 0.3) is 0 Å². The average Bonchev–Trinajstić information content (AvgIpc) is 2.86. The number of hydrogen-bond donors (Lipinski definition) is 1. The number of aliphatic carboxylic acids is 1. The van der Waals surface area contributed by atoms with Gasteiger partial charge in [-0.2, -0.15) is 0 Å². The number of halogens is 4. The van der Waals surface area contributed by atoms with Crippen molar-refractivity contribution in [2.45, 2.75) is 67.7 Å². The number of benzene rings is 1. The predicted octanol–water partition coefficient (Wildman–Crippen LogP) is 6.12. The molecule has 1 aliphatic heterocycles. The zero-order valence-corrected chi connectivity index (χ0v) is 21.2. The highest BCUT2D eigenvalue weighted by atomic mass is 32.2. The highest BCUT2D eigenvalue weighted by Crippen LogP contribution is 2.47. The molecule has 1 aliphatic carbocycles. The zero-order valence-electron chi connectivity index (χ0n) is 19.5. The van der Waals surface area contributed by atoms with Crippen molar-refractivity contribution in [3.8, 4) is 5.75 Å². The van der Waals surface area contributed by atoms with E-state index in [1.54, 1.807) is 18.9 Å². The molecule has 1 aromatic carbocycles. The Bertz CT molecular complexity index is 816. The molecule has 1 atom stereocenters. The van der Waals surface area contributed by atoms with E-state index in [9.17, 15) is 22.4 Å². The van der Waals surface area contributed by atoms with Crippen molar-refractivity contribution in [3.63, 3.8) is 0 Å². The van der Waals surface area contributed by atoms with Crippen molar-refractivity contribution >= 4 is 35.4 Å². The fourth-order valence-corrected chi connectivity index (χ4v) is 4.69. The molecule has 0 amide bonds. The van der Waals surface area contributed by atoms with Gasteiger partial charge in [0.25, 0.3) is 5.92 Å². The Hall–Kier alpha value is -1.33. The number of hydrogen-bond acceptors (Lipinski definition) is 6. The topological polar surface area (TPSA) is 53.0 Å². The van der Waals surface area contributed by atoms with Gasteiger partial charge in [0.05, 0.1) is 21.4 Å². The molecule has 1 heterocycles. The molecule has 1 fully saturated rings. The van der Waals surface area contributed by atoms with E-state index in [1.807, 2.05) is 25.4 Å². The van der Waals surface area contributed by atoms with Crippen molar-refractivity contribution in [3.05, 3.63) is 12.1 Å². The first kappa shape index (κ1) is 27.9. The number of likely N-dealkylation sites (N-methyl/N-ethyl adjacent to an activating group) is 1. The van der Waals surface area contributed by atoms with Gasteiger partial charge in [0.2, 0.25) is 5.92 Å². The van der Waals surface area contributed by atoms with Gasteiger partial charge in [-0.05, 0) is 51.2 Å². The highest BCUT2D eigenvalue weighted by Gasteiger charge is 2.48. The van der Waals surface area contributed by atoms with Crippen LogP contribution >= 0.6 is 23.7 Å². The minimum Gasteiger partial charge on any atom is -0.491 e. The average molecular weight is 513 g/mol. The second-order valence-electron chi connectivity index (χ2n) is 8.50. The second-order valence-corrected chi connectivity index (χ2v) is 10.6. The van der Waals surface area contributed by atoms with Crippen LogP contribution in [0.15, 0.2) is 21.9 Å². The lowest BCUT2D eigenvalue weighted by atomic mass is 9.86. The Morgan fingerprint density at radius 1 is 1.36 bits per heavy atom. The van der Waals surface area contributed by atoms with Gasteiger partial charge in [-0.1, -0.05) is 6.92 Å². The van der Waals surface area contributed by atoms with Gasteiger partial charge >= 0.3 is 5.97 Å². The Labute approximate surface area is 201 Å². The number of rotatable bonds is 7. The third-order valence-electron chi connectivity index (χ3n) is 5.51. The smallest absolute Gasteiger partial charge is 0.309 e. The summed E-state index contributed by atoms with van der Waals surface area (Å²) < 4.78 is 57.6. The molecule has 1 aromatic rings. The maximum Gasteiger partial charge on any atom is 0.309 e. The summed E-state index contributed by atoms with van der Waals surface area (Å²) in [6.45, 7) is 5.52. The van der Waals surface area contributed by atoms with Crippen LogP contribution in [-0.4, -0.2) is 66.3 Å². The SMILES string of the molecule is CCC(C)(F)F.CSc1cc2c(cc1OCC(C)C(=O)O)SN(C)CCN2C1CC(F)(F)C1. The van der Waals surface area contributed by atoms with Crippen LogP contribution in [-0.2, 0) is 4.79 Å². The fraction of sp³-hybridized carbons (Fsp3) is 0.682. The quantitative estimate of drug-likeness (QED) is 0.268. The van der Waals surface area contributed by atoms with Crippen molar-refractivity contribution in [1.29, 1.82) is 0 Å². The number of carboxylic acid groups (broad SMARTS) is 1. The summed E-state index contributed by atoms with van der Waals surface area (Å²) in [6.07, 6.45) is 1.65. The molecular formula is C22H32F4N2O3S2. The van der Waals surface area contributed by atoms with E-state index in [1.165, 1.54) is 18.7 Å². The minimum atomic E-state index is -2.56. The number of nitrogens with zero attached hydrogens (tertiary/aromatic N) is 2. The Balaban J connectivity index is 0.000000569. The van der Waals surface area contributed by atoms with Gasteiger partial charge in [-0.25, -0.2) is 21.9 Å². The number of carbonyl (C=O) groups is 1.